The van der Waals surface area contributed by atoms with E-state index in [1.54, 1.807) is 6.07 Å². The second kappa shape index (κ2) is 4.12. The number of phenols is 1. The summed E-state index contributed by atoms with van der Waals surface area (Å²) in [5, 5.41) is 10.8. The van der Waals surface area contributed by atoms with E-state index in [0.29, 0.717) is 11.1 Å². The van der Waals surface area contributed by atoms with Crippen molar-refractivity contribution >= 4 is 31.9 Å². The molecule has 1 aromatic carbocycles. The first-order chi connectivity index (χ1) is 5.29. The van der Waals surface area contributed by atoms with Crippen LogP contribution in [0.3, 0.4) is 0 Å². The Kier molecular flexibility index (Phi) is 3.40. The lowest BCUT2D eigenvalue weighted by atomic mass is 10.1. The molecule has 1 rings (SSSR count). The predicted molar refractivity (Wildman–Crippen MR) is 53.4 cm³/mol. The largest absolute Gasteiger partial charge is 0.508 e. The summed E-state index contributed by atoms with van der Waals surface area (Å²) in [4.78, 5) is 0. The molecular weight excluding hydrogens is 272 g/mol. The van der Waals surface area contributed by atoms with E-state index in [0.717, 1.165) is 16.5 Å². The van der Waals surface area contributed by atoms with Crippen LogP contribution in [0.1, 0.15) is 11.1 Å². The fraction of sp³-hybridized carbons (Fsp3) is 0.250. The maximum absolute atomic E-state index is 9.37. The molecule has 1 nitrogen and oxygen atoms in total. The zero-order valence-corrected chi connectivity index (χ0v) is 9.02. The molecule has 0 heterocycles. The smallest absolute Gasteiger partial charge is 0.119 e. The summed E-state index contributed by atoms with van der Waals surface area (Å²) in [6, 6.07) is 5.53. The molecule has 1 N–H and O–H groups in total. The standard InChI is InChI=1S/C8H8Br2O/c9-4-6-2-1-3-8(11)7(6)5-10/h1-3,11H,4-5H2. The van der Waals surface area contributed by atoms with Gasteiger partial charge in [-0.1, -0.05) is 44.0 Å². The van der Waals surface area contributed by atoms with E-state index in [9.17, 15) is 5.11 Å². The van der Waals surface area contributed by atoms with Crippen molar-refractivity contribution in [3.63, 3.8) is 0 Å². The minimum absolute atomic E-state index is 0.360. The van der Waals surface area contributed by atoms with Crippen molar-refractivity contribution in [2.75, 3.05) is 0 Å². The second-order valence-electron chi connectivity index (χ2n) is 2.18. The summed E-state index contributed by atoms with van der Waals surface area (Å²) < 4.78 is 0. The Morgan fingerprint density at radius 1 is 1.18 bits per heavy atom. The lowest BCUT2D eigenvalue weighted by Gasteiger charge is -2.04. The maximum atomic E-state index is 9.37. The number of phenolic OH excluding ortho intramolecular Hbond substituents is 1. The molecule has 0 saturated carbocycles. The highest BCUT2D eigenvalue weighted by Crippen LogP contribution is 2.24. The van der Waals surface area contributed by atoms with E-state index in [2.05, 4.69) is 31.9 Å². The van der Waals surface area contributed by atoms with Gasteiger partial charge in [0.25, 0.3) is 0 Å². The molecular formula is C8H8Br2O. The number of rotatable bonds is 2. The lowest BCUT2D eigenvalue weighted by Crippen LogP contribution is -1.87. The Morgan fingerprint density at radius 3 is 2.36 bits per heavy atom. The predicted octanol–water partition coefficient (Wildman–Crippen LogP) is 3.18. The third kappa shape index (κ3) is 1.97. The van der Waals surface area contributed by atoms with Gasteiger partial charge >= 0.3 is 0 Å². The molecule has 0 bridgehead atoms. The van der Waals surface area contributed by atoms with Crippen LogP contribution >= 0.6 is 31.9 Å². The normalized spacial score (nSPS) is 10.0. The topological polar surface area (TPSA) is 20.2 Å². The quantitative estimate of drug-likeness (QED) is 0.825. The van der Waals surface area contributed by atoms with E-state index in [4.69, 9.17) is 0 Å². The van der Waals surface area contributed by atoms with E-state index < -0.39 is 0 Å². The number of aromatic hydroxyl groups is 1. The van der Waals surface area contributed by atoms with Gasteiger partial charge in [0.15, 0.2) is 0 Å². The minimum atomic E-state index is 0.360. The molecule has 0 saturated heterocycles. The molecule has 0 atom stereocenters. The third-order valence-corrected chi connectivity index (χ3v) is 2.69. The highest BCUT2D eigenvalue weighted by molar-refractivity contribution is 9.09. The summed E-state index contributed by atoms with van der Waals surface area (Å²) in [6.45, 7) is 0. The SMILES string of the molecule is Oc1cccc(CBr)c1CBr. The molecule has 0 aliphatic heterocycles. The van der Waals surface area contributed by atoms with Gasteiger partial charge < -0.3 is 5.11 Å². The summed E-state index contributed by atoms with van der Waals surface area (Å²) in [5.41, 5.74) is 2.09. The van der Waals surface area contributed by atoms with Crippen molar-refractivity contribution in [3.05, 3.63) is 29.3 Å². The van der Waals surface area contributed by atoms with Crippen molar-refractivity contribution in [1.82, 2.24) is 0 Å². The van der Waals surface area contributed by atoms with E-state index in [-0.39, 0.29) is 0 Å². The van der Waals surface area contributed by atoms with Gasteiger partial charge in [-0.2, -0.15) is 0 Å². The first-order valence-electron chi connectivity index (χ1n) is 3.21. The average molecular weight is 280 g/mol. The second-order valence-corrected chi connectivity index (χ2v) is 3.30. The Bertz CT molecular complexity index is 248. The average Bonchev–Trinajstić information content (AvgIpc) is 2.04. The van der Waals surface area contributed by atoms with Gasteiger partial charge in [-0.25, -0.2) is 0 Å². The number of benzene rings is 1. The highest BCUT2D eigenvalue weighted by atomic mass is 79.9. The Balaban J connectivity index is 3.13. The zero-order chi connectivity index (χ0) is 8.27. The number of halogens is 2. The minimum Gasteiger partial charge on any atom is -0.508 e. The summed E-state index contributed by atoms with van der Waals surface area (Å²) in [5.74, 6) is 0.360. The number of hydrogen-bond acceptors (Lipinski definition) is 1. The molecule has 1 aromatic rings. The van der Waals surface area contributed by atoms with Crippen molar-refractivity contribution < 1.29 is 5.11 Å². The fourth-order valence-electron chi connectivity index (χ4n) is 0.901. The van der Waals surface area contributed by atoms with Gasteiger partial charge in [0.05, 0.1) is 0 Å². The molecule has 0 unspecified atom stereocenters. The van der Waals surface area contributed by atoms with Crippen LogP contribution in [0.2, 0.25) is 0 Å². The van der Waals surface area contributed by atoms with Crippen molar-refractivity contribution in [1.29, 1.82) is 0 Å². The third-order valence-electron chi connectivity index (χ3n) is 1.53. The van der Waals surface area contributed by atoms with Crippen LogP contribution in [0.5, 0.6) is 5.75 Å². The van der Waals surface area contributed by atoms with Crippen LogP contribution in [0.25, 0.3) is 0 Å². The van der Waals surface area contributed by atoms with Crippen LogP contribution in [0, 0.1) is 0 Å². The van der Waals surface area contributed by atoms with Gasteiger partial charge in [-0.05, 0) is 11.6 Å². The summed E-state index contributed by atoms with van der Waals surface area (Å²) in [6.07, 6.45) is 0. The van der Waals surface area contributed by atoms with Crippen LogP contribution < -0.4 is 0 Å². The lowest BCUT2D eigenvalue weighted by molar-refractivity contribution is 0.470. The molecule has 3 heteroatoms. The zero-order valence-electron chi connectivity index (χ0n) is 5.85. The van der Waals surface area contributed by atoms with Gasteiger partial charge in [0.2, 0.25) is 0 Å². The van der Waals surface area contributed by atoms with Crippen LogP contribution in [-0.2, 0) is 10.7 Å². The highest BCUT2D eigenvalue weighted by Gasteiger charge is 2.03. The Hall–Kier alpha value is -0.0200. The van der Waals surface area contributed by atoms with E-state index in [1.165, 1.54) is 0 Å². The number of hydrogen-bond donors (Lipinski definition) is 1. The Morgan fingerprint density at radius 2 is 1.91 bits per heavy atom. The van der Waals surface area contributed by atoms with Gasteiger partial charge in [-0.15, -0.1) is 0 Å². The summed E-state index contributed by atoms with van der Waals surface area (Å²) in [7, 11) is 0. The monoisotopic (exact) mass is 278 g/mol. The molecule has 0 aliphatic carbocycles. The van der Waals surface area contributed by atoms with Gasteiger partial charge in [-0.3, -0.25) is 0 Å². The van der Waals surface area contributed by atoms with Crippen LogP contribution in [0.4, 0.5) is 0 Å². The molecule has 0 radical (unpaired) electrons. The molecule has 0 fully saturated rings. The van der Waals surface area contributed by atoms with Crippen molar-refractivity contribution in [3.8, 4) is 5.75 Å². The molecule has 0 amide bonds. The van der Waals surface area contributed by atoms with Crippen LogP contribution in [-0.4, -0.2) is 5.11 Å². The van der Waals surface area contributed by atoms with Crippen LogP contribution in [0.15, 0.2) is 18.2 Å². The van der Waals surface area contributed by atoms with E-state index >= 15 is 0 Å². The first-order valence-corrected chi connectivity index (χ1v) is 5.45. The summed E-state index contributed by atoms with van der Waals surface area (Å²) >= 11 is 6.67. The maximum Gasteiger partial charge on any atom is 0.119 e. The van der Waals surface area contributed by atoms with Gasteiger partial charge in [0.1, 0.15) is 5.75 Å². The molecule has 0 spiro atoms. The fourth-order valence-corrected chi connectivity index (χ4v) is 2.07. The number of alkyl halides is 2. The molecule has 60 valence electrons. The molecule has 0 aliphatic rings. The van der Waals surface area contributed by atoms with Crippen molar-refractivity contribution in [2.24, 2.45) is 0 Å². The van der Waals surface area contributed by atoms with Gasteiger partial charge in [0, 0.05) is 16.2 Å². The first kappa shape index (κ1) is 9.07. The molecule has 0 aromatic heterocycles. The van der Waals surface area contributed by atoms with Crippen molar-refractivity contribution in [2.45, 2.75) is 10.7 Å². The van der Waals surface area contributed by atoms with E-state index in [1.807, 2.05) is 12.1 Å². The molecule has 11 heavy (non-hydrogen) atoms. The Labute approximate surface area is 82.7 Å².